The molecule has 0 radical (unpaired) electrons. The molecule has 0 bridgehead atoms. The number of carbonyl (C=O) groups is 1. The number of likely N-dealkylation sites (tertiary alicyclic amines) is 1. The number of hydrogen-bond donors (Lipinski definition) is 1. The monoisotopic (exact) mass is 320 g/mol. The summed E-state index contributed by atoms with van der Waals surface area (Å²) in [6.07, 6.45) is 6.23. The number of carbonyl (C=O) groups excluding carboxylic acids is 1. The predicted molar refractivity (Wildman–Crippen MR) is 88.7 cm³/mol. The van der Waals surface area contributed by atoms with Crippen LogP contribution >= 0.6 is 0 Å². The molecule has 1 aromatic rings. The van der Waals surface area contributed by atoms with Gasteiger partial charge in [0.15, 0.2) is 0 Å². The summed E-state index contributed by atoms with van der Waals surface area (Å²) in [7, 11) is 0. The summed E-state index contributed by atoms with van der Waals surface area (Å²) in [5.41, 5.74) is 1.20. The van der Waals surface area contributed by atoms with Crippen LogP contribution in [-0.2, 0) is 4.74 Å². The topological polar surface area (TPSA) is 59.4 Å². The Kier molecular flexibility index (Phi) is 5.20. The van der Waals surface area contributed by atoms with E-state index in [1.807, 2.05) is 18.0 Å². The summed E-state index contributed by atoms with van der Waals surface area (Å²) >= 11 is 0. The second-order valence-corrected chi connectivity index (χ2v) is 6.59. The molecule has 2 aliphatic heterocycles. The molecule has 1 N–H and O–H groups in total. The van der Waals surface area contributed by atoms with Crippen LogP contribution in [0.1, 0.15) is 56.1 Å². The Balaban J connectivity index is 1.77. The molecule has 1 unspecified atom stereocenters. The maximum absolute atomic E-state index is 12.2. The minimum Gasteiger partial charge on any atom is -0.381 e. The first-order chi connectivity index (χ1) is 11.2. The van der Waals surface area contributed by atoms with Gasteiger partial charge < -0.3 is 19.5 Å². The number of hydrogen-bond acceptors (Lipinski definition) is 3. The number of aromatic nitrogens is 2. The number of rotatable bonds is 3. The molecule has 0 spiro atoms. The van der Waals surface area contributed by atoms with Gasteiger partial charge in [0.2, 0.25) is 0 Å². The summed E-state index contributed by atoms with van der Waals surface area (Å²) in [6, 6.07) is 0.397. The molecule has 1 aromatic heterocycles. The molecule has 0 aliphatic carbocycles. The third-order valence-electron chi connectivity index (χ3n) is 4.97. The lowest BCUT2D eigenvalue weighted by atomic mass is 9.98. The number of imidazole rings is 1. The van der Waals surface area contributed by atoms with E-state index in [4.69, 9.17) is 9.72 Å². The number of ether oxygens (including phenoxy) is 1. The molecule has 6 heteroatoms. The van der Waals surface area contributed by atoms with Crippen molar-refractivity contribution in [2.45, 2.75) is 51.5 Å². The van der Waals surface area contributed by atoms with Gasteiger partial charge in [-0.3, -0.25) is 0 Å². The van der Waals surface area contributed by atoms with E-state index in [0.29, 0.717) is 18.5 Å². The van der Waals surface area contributed by atoms with Gasteiger partial charge >= 0.3 is 6.03 Å². The Morgan fingerprint density at radius 1 is 1.39 bits per heavy atom. The SMILES string of the molecule is CCNC(=O)N1CCCC(n2c(C)cnc2C2CCOCC2)C1. The number of nitrogens with zero attached hydrogens (tertiary/aromatic N) is 3. The van der Waals surface area contributed by atoms with E-state index in [9.17, 15) is 4.79 Å². The van der Waals surface area contributed by atoms with Crippen molar-refractivity contribution in [2.75, 3.05) is 32.8 Å². The molecule has 3 heterocycles. The predicted octanol–water partition coefficient (Wildman–Crippen LogP) is 2.45. The van der Waals surface area contributed by atoms with Crippen molar-refractivity contribution in [3.8, 4) is 0 Å². The van der Waals surface area contributed by atoms with Crippen molar-refractivity contribution in [3.05, 3.63) is 17.7 Å². The van der Waals surface area contributed by atoms with Gasteiger partial charge in [-0.1, -0.05) is 0 Å². The van der Waals surface area contributed by atoms with Crippen molar-refractivity contribution in [1.82, 2.24) is 19.8 Å². The summed E-state index contributed by atoms with van der Waals surface area (Å²) in [6.45, 7) is 8.04. The average Bonchev–Trinajstić information content (AvgIpc) is 2.97. The van der Waals surface area contributed by atoms with Crippen LogP contribution in [0.15, 0.2) is 6.20 Å². The Hall–Kier alpha value is -1.56. The van der Waals surface area contributed by atoms with E-state index in [0.717, 1.165) is 52.0 Å². The molecule has 0 aromatic carbocycles. The van der Waals surface area contributed by atoms with Gasteiger partial charge in [-0.25, -0.2) is 9.78 Å². The van der Waals surface area contributed by atoms with E-state index in [1.54, 1.807) is 0 Å². The first-order valence-electron chi connectivity index (χ1n) is 8.85. The van der Waals surface area contributed by atoms with Crippen LogP contribution in [0.25, 0.3) is 0 Å². The fraction of sp³-hybridized carbons (Fsp3) is 0.765. The number of aryl methyl sites for hydroxylation is 1. The van der Waals surface area contributed by atoms with Crippen molar-refractivity contribution < 1.29 is 9.53 Å². The minimum absolute atomic E-state index is 0.0579. The average molecular weight is 320 g/mol. The molecule has 6 nitrogen and oxygen atoms in total. The third-order valence-corrected chi connectivity index (χ3v) is 4.97. The zero-order chi connectivity index (χ0) is 16.2. The summed E-state index contributed by atoms with van der Waals surface area (Å²) < 4.78 is 7.88. The van der Waals surface area contributed by atoms with Gasteiger partial charge in [0.05, 0.1) is 6.04 Å². The molecular formula is C17H28N4O2. The van der Waals surface area contributed by atoms with Gasteiger partial charge in [0.25, 0.3) is 0 Å². The van der Waals surface area contributed by atoms with Crippen LogP contribution in [-0.4, -0.2) is 53.3 Å². The molecule has 1 atom stereocenters. The molecule has 2 saturated heterocycles. The molecule has 2 aliphatic rings. The Morgan fingerprint density at radius 3 is 2.91 bits per heavy atom. The van der Waals surface area contributed by atoms with E-state index >= 15 is 0 Å². The van der Waals surface area contributed by atoms with Gasteiger partial charge in [0.1, 0.15) is 5.82 Å². The van der Waals surface area contributed by atoms with Crippen LogP contribution in [0.4, 0.5) is 4.79 Å². The zero-order valence-electron chi connectivity index (χ0n) is 14.3. The van der Waals surface area contributed by atoms with Gasteiger partial charge in [0, 0.05) is 50.7 Å². The van der Waals surface area contributed by atoms with Crippen LogP contribution in [0.3, 0.4) is 0 Å². The number of piperidine rings is 1. The lowest BCUT2D eigenvalue weighted by Crippen LogP contribution is -2.46. The standard InChI is InChI=1S/C17H28N4O2/c1-3-18-17(22)20-8-4-5-15(12-20)21-13(2)11-19-16(21)14-6-9-23-10-7-14/h11,14-15H,3-10,12H2,1-2H3,(H,18,22). The molecule has 0 saturated carbocycles. The molecule has 128 valence electrons. The maximum atomic E-state index is 12.2. The highest BCUT2D eigenvalue weighted by molar-refractivity contribution is 5.74. The van der Waals surface area contributed by atoms with E-state index in [2.05, 4.69) is 16.8 Å². The molecular weight excluding hydrogens is 292 g/mol. The van der Waals surface area contributed by atoms with Gasteiger partial charge in [-0.05, 0) is 39.5 Å². The molecule has 2 fully saturated rings. The number of amides is 2. The normalized spacial score (nSPS) is 23.0. The van der Waals surface area contributed by atoms with Gasteiger partial charge in [-0.2, -0.15) is 0 Å². The van der Waals surface area contributed by atoms with Crippen LogP contribution in [0, 0.1) is 6.92 Å². The van der Waals surface area contributed by atoms with Crippen LogP contribution in [0.5, 0.6) is 0 Å². The maximum Gasteiger partial charge on any atom is 0.317 e. The fourth-order valence-corrected chi connectivity index (χ4v) is 3.81. The van der Waals surface area contributed by atoms with Crippen molar-refractivity contribution in [1.29, 1.82) is 0 Å². The quantitative estimate of drug-likeness (QED) is 0.930. The Bertz CT molecular complexity index is 537. The smallest absolute Gasteiger partial charge is 0.317 e. The zero-order valence-corrected chi connectivity index (χ0v) is 14.3. The second-order valence-electron chi connectivity index (χ2n) is 6.59. The van der Waals surface area contributed by atoms with Gasteiger partial charge in [-0.15, -0.1) is 0 Å². The van der Waals surface area contributed by atoms with Crippen molar-refractivity contribution in [2.24, 2.45) is 0 Å². The van der Waals surface area contributed by atoms with Crippen LogP contribution < -0.4 is 5.32 Å². The van der Waals surface area contributed by atoms with E-state index in [-0.39, 0.29) is 6.03 Å². The Morgan fingerprint density at radius 2 is 2.17 bits per heavy atom. The fourth-order valence-electron chi connectivity index (χ4n) is 3.81. The molecule has 3 rings (SSSR count). The first kappa shape index (κ1) is 16.3. The second kappa shape index (κ2) is 7.34. The first-order valence-corrected chi connectivity index (χ1v) is 8.85. The van der Waals surface area contributed by atoms with Crippen LogP contribution in [0.2, 0.25) is 0 Å². The lowest BCUT2D eigenvalue weighted by molar-refractivity contribution is 0.0817. The summed E-state index contributed by atoms with van der Waals surface area (Å²) in [5, 5.41) is 2.92. The van der Waals surface area contributed by atoms with Crippen molar-refractivity contribution >= 4 is 6.03 Å². The largest absolute Gasteiger partial charge is 0.381 e. The number of urea groups is 1. The van der Waals surface area contributed by atoms with E-state index in [1.165, 1.54) is 11.5 Å². The Labute approximate surface area is 138 Å². The molecule has 23 heavy (non-hydrogen) atoms. The highest BCUT2D eigenvalue weighted by atomic mass is 16.5. The minimum atomic E-state index is 0.0579. The van der Waals surface area contributed by atoms with Crippen molar-refractivity contribution in [3.63, 3.8) is 0 Å². The highest BCUT2D eigenvalue weighted by Gasteiger charge is 2.29. The highest BCUT2D eigenvalue weighted by Crippen LogP contribution is 2.32. The molecule has 2 amide bonds. The summed E-state index contributed by atoms with van der Waals surface area (Å²) in [5.74, 6) is 1.67. The number of nitrogens with one attached hydrogen (secondary N) is 1. The van der Waals surface area contributed by atoms with E-state index < -0.39 is 0 Å². The summed E-state index contributed by atoms with van der Waals surface area (Å²) in [4.78, 5) is 18.8. The third kappa shape index (κ3) is 3.52. The lowest BCUT2D eigenvalue weighted by Gasteiger charge is -2.35.